The first-order valence-electron chi connectivity index (χ1n) is 20.2. The van der Waals surface area contributed by atoms with Crippen molar-refractivity contribution in [2.45, 2.75) is 133 Å². The third-order valence-corrected chi connectivity index (χ3v) is 13.4. The molecule has 61 heavy (non-hydrogen) atoms. The van der Waals surface area contributed by atoms with E-state index in [0.29, 0.717) is 32.8 Å². The topological polar surface area (TPSA) is 172 Å². The predicted octanol–water partition coefficient (Wildman–Crippen LogP) is 12.0. The summed E-state index contributed by atoms with van der Waals surface area (Å²) in [6.07, 6.45) is 0. The van der Waals surface area contributed by atoms with Gasteiger partial charge < -0.3 is 13.7 Å². The Labute approximate surface area is 374 Å². The zero-order valence-electron chi connectivity index (χ0n) is 36.9. The Hall–Kier alpha value is -3.65. The maximum Gasteiger partial charge on any atom is 3.00 e. The standard InChI is InChI=1S/3C16H20O3S.Fe/c3*1-10(2)14-9-12-7-5-6-8-13(12)16(20(17,18)19)15(14)11(3)4;/h3*5-11H,1-4H3,(H,17,18,19);/q;;;+3/p-3. The van der Waals surface area contributed by atoms with Crippen LogP contribution in [0.25, 0.3) is 32.3 Å². The van der Waals surface area contributed by atoms with Crippen LogP contribution in [0.1, 0.15) is 152 Å². The quantitative estimate of drug-likeness (QED) is 0.101. The molecule has 13 heteroatoms. The van der Waals surface area contributed by atoms with Gasteiger partial charge in [0.05, 0.1) is 14.7 Å². The summed E-state index contributed by atoms with van der Waals surface area (Å²) in [5.74, 6) is 0.440. The first-order valence-corrected chi connectivity index (χ1v) is 24.5. The molecule has 0 N–H and O–H groups in total. The average Bonchev–Trinajstić information content (AvgIpc) is 3.14. The van der Waals surface area contributed by atoms with Crippen molar-refractivity contribution in [3.63, 3.8) is 0 Å². The molecule has 0 saturated heterocycles. The third kappa shape index (κ3) is 11.7. The van der Waals surface area contributed by atoms with Gasteiger partial charge in [0.15, 0.2) is 0 Å². The van der Waals surface area contributed by atoms with Crippen LogP contribution in [0.3, 0.4) is 0 Å². The summed E-state index contributed by atoms with van der Waals surface area (Å²) in [4.78, 5) is -0.141. The molecule has 0 heterocycles. The third-order valence-electron chi connectivity index (χ3n) is 10.6. The van der Waals surface area contributed by atoms with Crippen LogP contribution >= 0.6 is 0 Å². The molecule has 6 rings (SSSR count). The predicted molar refractivity (Wildman–Crippen MR) is 240 cm³/mol. The normalized spacial score (nSPS) is 12.3. The molecule has 0 fully saturated rings. The minimum atomic E-state index is -4.51. The minimum absolute atomic E-state index is 0. The summed E-state index contributed by atoms with van der Waals surface area (Å²) in [6, 6.07) is 27.5. The molecule has 0 bridgehead atoms. The van der Waals surface area contributed by atoms with Gasteiger partial charge in [-0.05, 0) is 101 Å². The Balaban J connectivity index is 0.000000242. The van der Waals surface area contributed by atoms with E-state index in [0.717, 1.165) is 32.8 Å². The second-order valence-corrected chi connectivity index (χ2v) is 21.0. The first kappa shape index (κ1) is 51.7. The van der Waals surface area contributed by atoms with E-state index in [-0.39, 0.29) is 67.3 Å². The van der Waals surface area contributed by atoms with Crippen LogP contribution in [0.4, 0.5) is 0 Å². The zero-order valence-corrected chi connectivity index (χ0v) is 40.4. The number of rotatable bonds is 9. The average molecular weight is 930 g/mol. The maximum atomic E-state index is 11.8. The fraction of sp³-hybridized carbons (Fsp3) is 0.375. The van der Waals surface area contributed by atoms with Gasteiger partial charge in [-0.15, -0.1) is 0 Å². The molecule has 0 aliphatic carbocycles. The molecule has 1 radical (unpaired) electrons. The Morgan fingerprint density at radius 3 is 0.705 bits per heavy atom. The van der Waals surface area contributed by atoms with E-state index in [9.17, 15) is 38.9 Å². The number of hydrogen-bond acceptors (Lipinski definition) is 9. The molecule has 0 aromatic heterocycles. The van der Waals surface area contributed by atoms with Gasteiger partial charge in [0, 0.05) is 0 Å². The monoisotopic (exact) mass is 929 g/mol. The molecule has 0 saturated carbocycles. The van der Waals surface area contributed by atoms with Crippen LogP contribution in [0.15, 0.2) is 106 Å². The second-order valence-electron chi connectivity index (χ2n) is 17.1. The molecular formula is C48H57FeO9S3. The van der Waals surface area contributed by atoms with Gasteiger partial charge in [-0.3, -0.25) is 0 Å². The van der Waals surface area contributed by atoms with E-state index >= 15 is 0 Å². The number of fused-ring (bicyclic) bond motifs is 3. The first-order chi connectivity index (χ1) is 27.7. The zero-order chi connectivity index (χ0) is 45.2. The van der Waals surface area contributed by atoms with Crippen molar-refractivity contribution in [3.05, 3.63) is 124 Å². The summed E-state index contributed by atoms with van der Waals surface area (Å²) >= 11 is 0. The Bertz CT molecular complexity index is 2550. The number of benzene rings is 6. The Morgan fingerprint density at radius 2 is 0.541 bits per heavy atom. The van der Waals surface area contributed by atoms with E-state index < -0.39 is 30.4 Å². The van der Waals surface area contributed by atoms with Gasteiger partial charge >= 0.3 is 17.1 Å². The number of hydrogen-bond donors (Lipinski definition) is 0. The smallest absolute Gasteiger partial charge is 0.744 e. The molecule has 6 aromatic rings. The largest absolute Gasteiger partial charge is 3.00 e. The van der Waals surface area contributed by atoms with Crippen molar-refractivity contribution < 1.29 is 56.0 Å². The molecule has 6 aromatic carbocycles. The Morgan fingerprint density at radius 1 is 0.344 bits per heavy atom. The second kappa shape index (κ2) is 20.2. The summed E-state index contributed by atoms with van der Waals surface area (Å²) in [5.41, 5.74) is 4.80. The van der Waals surface area contributed by atoms with Crippen LogP contribution < -0.4 is 0 Å². The molecule has 9 nitrogen and oxygen atoms in total. The van der Waals surface area contributed by atoms with Gasteiger partial charge in [0.2, 0.25) is 0 Å². The van der Waals surface area contributed by atoms with Crippen LogP contribution in [-0.2, 0) is 47.4 Å². The van der Waals surface area contributed by atoms with E-state index in [1.54, 1.807) is 36.4 Å². The van der Waals surface area contributed by atoms with Crippen molar-refractivity contribution in [1.29, 1.82) is 0 Å². The summed E-state index contributed by atoms with van der Waals surface area (Å²) < 4.78 is 106. The summed E-state index contributed by atoms with van der Waals surface area (Å²) in [7, 11) is -13.5. The van der Waals surface area contributed by atoms with Crippen LogP contribution in [-0.4, -0.2) is 38.9 Å². The molecule has 0 spiro atoms. The molecule has 0 unspecified atom stereocenters. The fourth-order valence-corrected chi connectivity index (χ4v) is 11.3. The van der Waals surface area contributed by atoms with Crippen molar-refractivity contribution in [2.24, 2.45) is 0 Å². The van der Waals surface area contributed by atoms with E-state index in [1.807, 2.05) is 138 Å². The van der Waals surface area contributed by atoms with Gasteiger partial charge in [0.1, 0.15) is 30.4 Å². The SMILES string of the molecule is CC(C)c1cc2ccccc2c(S(=O)(=O)[O-])c1C(C)C.CC(C)c1cc2ccccc2c(S(=O)(=O)[O-])c1C(C)C.CC(C)c1cc2ccccc2c(S(=O)(=O)[O-])c1C(C)C.[Fe+3]. The van der Waals surface area contributed by atoms with Crippen molar-refractivity contribution >= 4 is 62.7 Å². The summed E-state index contributed by atoms with van der Waals surface area (Å²) in [6.45, 7) is 23.6. The minimum Gasteiger partial charge on any atom is -0.744 e. The Kier molecular flexibility index (Phi) is 17.2. The van der Waals surface area contributed by atoms with E-state index in [4.69, 9.17) is 0 Å². The van der Waals surface area contributed by atoms with Crippen molar-refractivity contribution in [3.8, 4) is 0 Å². The molecule has 0 atom stereocenters. The molecule has 0 amide bonds. The molecule has 329 valence electrons. The maximum absolute atomic E-state index is 11.8. The van der Waals surface area contributed by atoms with Crippen LogP contribution in [0.2, 0.25) is 0 Å². The van der Waals surface area contributed by atoms with Gasteiger partial charge in [-0.25, -0.2) is 25.3 Å². The van der Waals surface area contributed by atoms with Gasteiger partial charge in [-0.1, -0.05) is 174 Å². The molecule has 0 aliphatic rings. The van der Waals surface area contributed by atoms with E-state index in [1.165, 1.54) is 0 Å². The van der Waals surface area contributed by atoms with Gasteiger partial charge in [-0.2, -0.15) is 0 Å². The van der Waals surface area contributed by atoms with Crippen molar-refractivity contribution in [1.82, 2.24) is 0 Å². The van der Waals surface area contributed by atoms with Crippen LogP contribution in [0, 0.1) is 0 Å². The van der Waals surface area contributed by atoms with Crippen LogP contribution in [0.5, 0.6) is 0 Å². The molecular weight excluding hydrogens is 873 g/mol. The summed E-state index contributed by atoms with van der Waals surface area (Å²) in [5, 5.41) is 3.97. The van der Waals surface area contributed by atoms with Crippen molar-refractivity contribution in [2.75, 3.05) is 0 Å². The van der Waals surface area contributed by atoms with E-state index in [2.05, 4.69) is 0 Å². The fourth-order valence-electron chi connectivity index (χ4n) is 8.08. The van der Waals surface area contributed by atoms with Gasteiger partial charge in [0.25, 0.3) is 0 Å². The molecule has 0 aliphatic heterocycles.